The number of imidazole rings is 1. The van der Waals surface area contributed by atoms with E-state index in [2.05, 4.69) is 26.4 Å². The van der Waals surface area contributed by atoms with Crippen LogP contribution in [-0.2, 0) is 17.7 Å². The molecule has 3 aromatic rings. The number of fused-ring (bicyclic) bond motifs is 1. The van der Waals surface area contributed by atoms with Crippen molar-refractivity contribution >= 4 is 28.6 Å². The van der Waals surface area contributed by atoms with Gasteiger partial charge in [-0.25, -0.2) is 14.8 Å². The summed E-state index contributed by atoms with van der Waals surface area (Å²) in [7, 11) is 0. The van der Waals surface area contributed by atoms with E-state index in [1.165, 1.54) is 4.90 Å². The summed E-state index contributed by atoms with van der Waals surface area (Å²) in [6.45, 7) is 5.85. The molecule has 4 N–H and O–H groups in total. The molecule has 0 saturated carbocycles. The average Bonchev–Trinajstić information content (AvgIpc) is 3.03. The Morgan fingerprint density at radius 3 is 2.83 bits per heavy atom. The summed E-state index contributed by atoms with van der Waals surface area (Å²) in [5, 5.41) is 0. The Balaban J connectivity index is 1.63. The van der Waals surface area contributed by atoms with Crippen molar-refractivity contribution in [1.82, 2.24) is 19.5 Å². The fourth-order valence-electron chi connectivity index (χ4n) is 3.28. The minimum absolute atomic E-state index is 0.351. The molecule has 0 aromatic carbocycles. The average molecular weight is 397 g/mol. The van der Waals surface area contributed by atoms with Crippen molar-refractivity contribution < 1.29 is 9.53 Å². The quantitative estimate of drug-likeness (QED) is 0.534. The Kier molecular flexibility index (Phi) is 6.61. The van der Waals surface area contributed by atoms with E-state index in [-0.39, 0.29) is 0 Å². The van der Waals surface area contributed by atoms with Gasteiger partial charge < -0.3 is 20.8 Å². The third-order valence-electron chi connectivity index (χ3n) is 4.59. The number of hydrogen-bond donors (Lipinski definition) is 2. The highest BCUT2D eigenvalue weighted by Crippen LogP contribution is 2.22. The van der Waals surface area contributed by atoms with Crippen LogP contribution in [0, 0.1) is 6.92 Å². The number of primary amides is 1. The van der Waals surface area contributed by atoms with Crippen molar-refractivity contribution in [2.45, 2.75) is 33.2 Å². The first kappa shape index (κ1) is 20.5. The van der Waals surface area contributed by atoms with E-state index < -0.39 is 6.03 Å². The number of urea groups is 1. The zero-order chi connectivity index (χ0) is 20.8. The van der Waals surface area contributed by atoms with Gasteiger partial charge in [0.15, 0.2) is 5.82 Å². The van der Waals surface area contributed by atoms with Crippen LogP contribution < -0.4 is 16.4 Å². The summed E-state index contributed by atoms with van der Waals surface area (Å²) >= 11 is 0. The molecule has 2 amide bonds. The van der Waals surface area contributed by atoms with Gasteiger partial charge in [-0.05, 0) is 31.5 Å². The lowest BCUT2D eigenvalue weighted by atomic mass is 10.3. The zero-order valence-corrected chi connectivity index (χ0v) is 16.8. The Hall–Kier alpha value is -3.20. The lowest BCUT2D eigenvalue weighted by molar-refractivity contribution is 0.132. The number of carbonyl (C=O) groups is 1. The van der Waals surface area contributed by atoms with Crippen molar-refractivity contribution in [2.75, 3.05) is 30.4 Å². The smallest absolute Gasteiger partial charge is 0.319 e. The molecule has 0 aliphatic carbocycles. The van der Waals surface area contributed by atoms with Crippen molar-refractivity contribution in [1.29, 1.82) is 0 Å². The van der Waals surface area contributed by atoms with Gasteiger partial charge in [0.05, 0.1) is 37.2 Å². The van der Waals surface area contributed by atoms with E-state index >= 15 is 0 Å². The van der Waals surface area contributed by atoms with Crippen LogP contribution in [0.15, 0.2) is 30.6 Å². The predicted molar refractivity (Wildman–Crippen MR) is 113 cm³/mol. The minimum atomic E-state index is -0.536. The molecule has 29 heavy (non-hydrogen) atoms. The summed E-state index contributed by atoms with van der Waals surface area (Å²) in [6.07, 6.45) is 5.07. The molecule has 0 aliphatic heterocycles. The lowest BCUT2D eigenvalue weighted by Gasteiger charge is -2.20. The molecule has 0 spiro atoms. The standard InChI is InChI=1S/C20H27N7O2/c1-3-5-17-25-18-16(12-14(2)24-19(18)21)27(17)9-11-29-10-8-26(20(22)28)15-6-4-7-23-13-15/h4,6-7,12-13H,3,5,8-11H2,1-2H3,(H2,21,24)(H2,22,28). The normalized spacial score (nSPS) is 11.1. The topological polar surface area (TPSA) is 125 Å². The number of nitrogens with zero attached hydrogens (tertiary/aromatic N) is 5. The largest absolute Gasteiger partial charge is 0.382 e. The number of aromatic nitrogens is 4. The molecule has 0 radical (unpaired) electrons. The van der Waals surface area contributed by atoms with Crippen LogP contribution in [0.25, 0.3) is 11.0 Å². The highest BCUT2D eigenvalue weighted by Gasteiger charge is 2.15. The molecule has 0 bridgehead atoms. The molecule has 3 heterocycles. The molecule has 9 heteroatoms. The van der Waals surface area contributed by atoms with Crippen molar-refractivity contribution in [3.8, 4) is 0 Å². The number of nitrogen functional groups attached to an aromatic ring is 1. The van der Waals surface area contributed by atoms with Crippen molar-refractivity contribution in [3.63, 3.8) is 0 Å². The van der Waals surface area contributed by atoms with Crippen LogP contribution >= 0.6 is 0 Å². The maximum absolute atomic E-state index is 11.7. The van der Waals surface area contributed by atoms with E-state index in [0.29, 0.717) is 37.8 Å². The Bertz CT molecular complexity index is 972. The molecular formula is C20H27N7O2. The second-order valence-corrected chi connectivity index (χ2v) is 6.76. The van der Waals surface area contributed by atoms with E-state index in [4.69, 9.17) is 16.2 Å². The van der Waals surface area contributed by atoms with Crippen LogP contribution in [0.5, 0.6) is 0 Å². The van der Waals surface area contributed by atoms with Crippen LogP contribution in [0.4, 0.5) is 16.3 Å². The number of nitrogens with two attached hydrogens (primary N) is 2. The minimum Gasteiger partial charge on any atom is -0.382 e. The van der Waals surface area contributed by atoms with Gasteiger partial charge in [-0.15, -0.1) is 0 Å². The number of carbonyl (C=O) groups excluding carboxylic acids is 1. The molecule has 0 fully saturated rings. The SMILES string of the molecule is CCCc1nc2c(N)nc(C)cc2n1CCOCCN(C(N)=O)c1cccnc1. The molecule has 0 atom stereocenters. The van der Waals surface area contributed by atoms with Gasteiger partial charge >= 0.3 is 6.03 Å². The first-order valence-electron chi connectivity index (χ1n) is 9.68. The highest BCUT2D eigenvalue weighted by molar-refractivity contribution is 5.90. The van der Waals surface area contributed by atoms with Gasteiger partial charge in [0.2, 0.25) is 0 Å². The fourth-order valence-corrected chi connectivity index (χ4v) is 3.28. The van der Waals surface area contributed by atoms with Crippen molar-refractivity contribution in [2.24, 2.45) is 5.73 Å². The van der Waals surface area contributed by atoms with Gasteiger partial charge in [0.1, 0.15) is 11.3 Å². The summed E-state index contributed by atoms with van der Waals surface area (Å²) < 4.78 is 7.92. The third kappa shape index (κ3) is 4.80. The van der Waals surface area contributed by atoms with Gasteiger partial charge in [-0.3, -0.25) is 9.88 Å². The Labute approximate surface area is 169 Å². The van der Waals surface area contributed by atoms with E-state index in [0.717, 1.165) is 35.4 Å². The van der Waals surface area contributed by atoms with Crippen LogP contribution in [0.1, 0.15) is 24.9 Å². The molecule has 0 unspecified atom stereocenters. The number of aryl methyl sites for hydroxylation is 2. The van der Waals surface area contributed by atoms with Crippen LogP contribution in [0.2, 0.25) is 0 Å². The molecular weight excluding hydrogens is 370 g/mol. The molecule has 9 nitrogen and oxygen atoms in total. The van der Waals surface area contributed by atoms with Gasteiger partial charge in [-0.2, -0.15) is 0 Å². The predicted octanol–water partition coefficient (Wildman–Crippen LogP) is 2.27. The lowest BCUT2D eigenvalue weighted by Crippen LogP contribution is -2.38. The Morgan fingerprint density at radius 2 is 2.14 bits per heavy atom. The van der Waals surface area contributed by atoms with Gasteiger partial charge in [0.25, 0.3) is 0 Å². The second-order valence-electron chi connectivity index (χ2n) is 6.76. The maximum atomic E-state index is 11.7. The number of hydrogen-bond acceptors (Lipinski definition) is 6. The number of anilines is 2. The van der Waals surface area contributed by atoms with Crippen molar-refractivity contribution in [3.05, 3.63) is 42.1 Å². The highest BCUT2D eigenvalue weighted by atomic mass is 16.5. The van der Waals surface area contributed by atoms with Crippen LogP contribution in [-0.4, -0.2) is 45.3 Å². The maximum Gasteiger partial charge on any atom is 0.319 e. The molecule has 3 aromatic heterocycles. The summed E-state index contributed by atoms with van der Waals surface area (Å²) in [4.78, 5) is 26.2. The molecule has 154 valence electrons. The van der Waals surface area contributed by atoms with E-state index in [1.807, 2.05) is 13.0 Å². The van der Waals surface area contributed by atoms with Gasteiger partial charge in [-0.1, -0.05) is 6.92 Å². The van der Waals surface area contributed by atoms with E-state index in [9.17, 15) is 4.79 Å². The molecule has 3 rings (SSSR count). The zero-order valence-electron chi connectivity index (χ0n) is 16.8. The molecule has 0 aliphatic rings. The Morgan fingerprint density at radius 1 is 1.31 bits per heavy atom. The van der Waals surface area contributed by atoms with Gasteiger partial charge in [0, 0.05) is 24.9 Å². The summed E-state index contributed by atoms with van der Waals surface area (Å²) in [6, 6.07) is 5.00. The number of rotatable bonds is 9. The third-order valence-corrected chi connectivity index (χ3v) is 4.59. The number of amides is 2. The second kappa shape index (κ2) is 9.33. The van der Waals surface area contributed by atoms with Crippen LogP contribution in [0.3, 0.4) is 0 Å². The molecule has 0 saturated heterocycles. The monoisotopic (exact) mass is 397 g/mol. The first-order chi connectivity index (χ1) is 14.0. The summed E-state index contributed by atoms with van der Waals surface area (Å²) in [5.41, 5.74) is 14.7. The van der Waals surface area contributed by atoms with E-state index in [1.54, 1.807) is 24.5 Å². The number of pyridine rings is 2. The number of ether oxygens (including phenoxy) is 1. The summed E-state index contributed by atoms with van der Waals surface area (Å²) in [5.74, 6) is 1.42. The first-order valence-corrected chi connectivity index (χ1v) is 9.68. The fraction of sp³-hybridized carbons (Fsp3) is 0.400.